The maximum atomic E-state index is 12.9. The number of nitro benzene ring substituents is 1. The lowest BCUT2D eigenvalue weighted by atomic mass is 10.1. The highest BCUT2D eigenvalue weighted by atomic mass is 32.2. The number of hydrogen-bond acceptors (Lipinski definition) is 8. The van der Waals surface area contributed by atoms with Crippen LogP contribution in [0.1, 0.15) is 23.6 Å². The number of ether oxygens (including phenoxy) is 2. The lowest BCUT2D eigenvalue weighted by molar-refractivity contribution is -0.384. The van der Waals surface area contributed by atoms with Gasteiger partial charge in [0.2, 0.25) is 0 Å². The van der Waals surface area contributed by atoms with E-state index in [-0.39, 0.29) is 10.6 Å². The molecule has 0 amide bonds. The molecule has 1 heterocycles. The van der Waals surface area contributed by atoms with Crippen molar-refractivity contribution in [3.63, 3.8) is 0 Å². The predicted molar refractivity (Wildman–Crippen MR) is 133 cm³/mol. The standard InChI is InChI=1S/C24H24N4O6S/c1-15-4-7-20(16(2)12-15)27-35(31,32)19-6-8-21(22(14-19)28(29)30)26-25-17(3)18-5-9-23-24(13-18)34-11-10-33-23/h4-9,12-14,26-27H,10-11H2,1-3H3. The van der Waals surface area contributed by atoms with Crippen molar-refractivity contribution in [3.8, 4) is 11.5 Å². The number of aryl methyl sites for hydroxylation is 2. The zero-order valence-corrected chi connectivity index (χ0v) is 20.2. The lowest BCUT2D eigenvalue weighted by Gasteiger charge is -2.18. The van der Waals surface area contributed by atoms with Gasteiger partial charge in [0.1, 0.15) is 18.9 Å². The second-order valence-electron chi connectivity index (χ2n) is 8.03. The van der Waals surface area contributed by atoms with Crippen molar-refractivity contribution in [1.82, 2.24) is 0 Å². The van der Waals surface area contributed by atoms with Crippen molar-refractivity contribution in [1.29, 1.82) is 0 Å². The summed E-state index contributed by atoms with van der Waals surface area (Å²) < 4.78 is 39.4. The van der Waals surface area contributed by atoms with Crippen molar-refractivity contribution < 1.29 is 22.8 Å². The van der Waals surface area contributed by atoms with Crippen molar-refractivity contribution in [2.75, 3.05) is 23.4 Å². The molecule has 0 radical (unpaired) electrons. The van der Waals surface area contributed by atoms with Gasteiger partial charge in [-0.05, 0) is 62.7 Å². The summed E-state index contributed by atoms with van der Waals surface area (Å²) >= 11 is 0. The van der Waals surface area contributed by atoms with E-state index in [4.69, 9.17) is 9.47 Å². The molecule has 0 aromatic heterocycles. The molecule has 0 fully saturated rings. The third-order valence-corrected chi connectivity index (χ3v) is 6.77. The van der Waals surface area contributed by atoms with Crippen LogP contribution in [0, 0.1) is 24.0 Å². The molecule has 35 heavy (non-hydrogen) atoms. The second-order valence-corrected chi connectivity index (χ2v) is 9.71. The molecule has 1 aliphatic heterocycles. The molecule has 0 bridgehead atoms. The van der Waals surface area contributed by atoms with Gasteiger partial charge in [0.25, 0.3) is 15.7 Å². The lowest BCUT2D eigenvalue weighted by Crippen LogP contribution is -2.15. The van der Waals surface area contributed by atoms with E-state index in [0.29, 0.717) is 36.1 Å². The van der Waals surface area contributed by atoms with E-state index in [1.165, 1.54) is 12.1 Å². The molecule has 0 atom stereocenters. The Morgan fingerprint density at radius 3 is 2.40 bits per heavy atom. The number of hydrazone groups is 1. The summed E-state index contributed by atoms with van der Waals surface area (Å²) in [6, 6.07) is 14.2. The van der Waals surface area contributed by atoms with Crippen molar-refractivity contribution >= 4 is 32.8 Å². The first-order valence-corrected chi connectivity index (χ1v) is 12.2. The Balaban J connectivity index is 1.58. The smallest absolute Gasteiger partial charge is 0.295 e. The molecule has 182 valence electrons. The van der Waals surface area contributed by atoms with Crippen LogP contribution in [-0.4, -0.2) is 32.3 Å². The topological polar surface area (TPSA) is 132 Å². The van der Waals surface area contributed by atoms with Gasteiger partial charge in [-0.1, -0.05) is 17.7 Å². The van der Waals surface area contributed by atoms with Crippen LogP contribution in [0.5, 0.6) is 11.5 Å². The second kappa shape index (κ2) is 9.63. The van der Waals surface area contributed by atoms with E-state index in [2.05, 4.69) is 15.2 Å². The molecular weight excluding hydrogens is 472 g/mol. The Hall–Kier alpha value is -4.12. The van der Waals surface area contributed by atoms with Gasteiger partial charge in [0, 0.05) is 11.6 Å². The Labute approximate surface area is 202 Å². The van der Waals surface area contributed by atoms with Crippen molar-refractivity contribution in [2.45, 2.75) is 25.7 Å². The maximum Gasteiger partial charge on any atom is 0.295 e. The van der Waals surface area contributed by atoms with Crippen molar-refractivity contribution in [3.05, 3.63) is 81.4 Å². The first-order chi connectivity index (χ1) is 16.6. The fourth-order valence-electron chi connectivity index (χ4n) is 3.53. The quantitative estimate of drug-likeness (QED) is 0.277. The van der Waals surface area contributed by atoms with Crippen LogP contribution in [0.25, 0.3) is 0 Å². The van der Waals surface area contributed by atoms with Gasteiger partial charge in [0.15, 0.2) is 11.5 Å². The number of nitrogens with zero attached hydrogens (tertiary/aromatic N) is 2. The first kappa shape index (κ1) is 24.0. The third-order valence-electron chi connectivity index (χ3n) is 5.41. The highest BCUT2D eigenvalue weighted by Crippen LogP contribution is 2.32. The minimum Gasteiger partial charge on any atom is -0.486 e. The van der Waals surface area contributed by atoms with Gasteiger partial charge < -0.3 is 9.47 Å². The highest BCUT2D eigenvalue weighted by Gasteiger charge is 2.22. The summed E-state index contributed by atoms with van der Waals surface area (Å²) in [5.74, 6) is 1.24. The molecule has 0 aliphatic carbocycles. The molecule has 0 spiro atoms. The van der Waals surface area contributed by atoms with Gasteiger partial charge in [0.05, 0.1) is 21.2 Å². The Bertz CT molecular complexity index is 1440. The Kier molecular flexibility index (Phi) is 6.61. The van der Waals surface area contributed by atoms with Gasteiger partial charge >= 0.3 is 0 Å². The number of fused-ring (bicyclic) bond motifs is 1. The van der Waals surface area contributed by atoms with Crippen molar-refractivity contribution in [2.24, 2.45) is 5.10 Å². The zero-order chi connectivity index (χ0) is 25.2. The fourth-order valence-corrected chi connectivity index (χ4v) is 4.68. The van der Waals surface area contributed by atoms with E-state index in [9.17, 15) is 18.5 Å². The van der Waals surface area contributed by atoms with Crippen LogP contribution in [-0.2, 0) is 10.0 Å². The molecule has 3 aromatic carbocycles. The predicted octanol–water partition coefficient (Wildman–Crippen LogP) is 4.62. The molecular formula is C24H24N4O6S. The molecule has 0 saturated carbocycles. The highest BCUT2D eigenvalue weighted by molar-refractivity contribution is 7.92. The fraction of sp³-hybridized carbons (Fsp3) is 0.208. The molecule has 1 aliphatic rings. The SMILES string of the molecule is CC(=NNc1ccc(S(=O)(=O)Nc2ccc(C)cc2C)cc1[N+](=O)[O-])c1ccc2c(c1)OCCO2. The number of nitrogens with one attached hydrogen (secondary N) is 2. The van der Waals surface area contributed by atoms with Gasteiger partial charge in [-0.3, -0.25) is 20.3 Å². The summed E-state index contributed by atoms with van der Waals surface area (Å²) in [4.78, 5) is 10.8. The average molecular weight is 497 g/mol. The number of hydrogen-bond donors (Lipinski definition) is 2. The van der Waals surface area contributed by atoms with E-state index < -0.39 is 20.6 Å². The van der Waals surface area contributed by atoms with Gasteiger partial charge in [-0.2, -0.15) is 5.10 Å². The first-order valence-electron chi connectivity index (χ1n) is 10.7. The van der Waals surface area contributed by atoms with Crippen LogP contribution in [0.4, 0.5) is 17.1 Å². The van der Waals surface area contributed by atoms with Crippen LogP contribution in [0.2, 0.25) is 0 Å². The molecule has 10 nitrogen and oxygen atoms in total. The summed E-state index contributed by atoms with van der Waals surface area (Å²) in [5, 5.41) is 15.9. The monoisotopic (exact) mass is 496 g/mol. The number of anilines is 2. The van der Waals surface area contributed by atoms with Crippen LogP contribution >= 0.6 is 0 Å². The minimum atomic E-state index is -4.05. The average Bonchev–Trinajstić information content (AvgIpc) is 2.83. The molecule has 0 saturated heterocycles. The van der Waals surface area contributed by atoms with Gasteiger partial charge in [-0.25, -0.2) is 8.42 Å². The number of rotatable bonds is 7. The summed E-state index contributed by atoms with van der Waals surface area (Å²) in [6.07, 6.45) is 0. The van der Waals surface area contributed by atoms with Crippen LogP contribution in [0.15, 0.2) is 64.6 Å². The number of sulfonamides is 1. The largest absolute Gasteiger partial charge is 0.486 e. The summed E-state index contributed by atoms with van der Waals surface area (Å²) in [5.41, 5.74) is 5.72. The maximum absolute atomic E-state index is 12.9. The summed E-state index contributed by atoms with van der Waals surface area (Å²) in [6.45, 7) is 6.35. The van der Waals surface area contributed by atoms with E-state index >= 15 is 0 Å². The van der Waals surface area contributed by atoms with Gasteiger partial charge in [-0.15, -0.1) is 0 Å². The molecule has 2 N–H and O–H groups in total. The number of benzene rings is 3. The zero-order valence-electron chi connectivity index (χ0n) is 19.4. The normalized spacial score (nSPS) is 13.3. The Morgan fingerprint density at radius 1 is 0.971 bits per heavy atom. The van der Waals surface area contributed by atoms with E-state index in [1.54, 1.807) is 44.2 Å². The Morgan fingerprint density at radius 2 is 1.69 bits per heavy atom. The van der Waals surface area contributed by atoms with Crippen LogP contribution < -0.4 is 19.6 Å². The molecule has 11 heteroatoms. The molecule has 0 unspecified atom stereocenters. The summed E-state index contributed by atoms with van der Waals surface area (Å²) in [7, 11) is -4.05. The minimum absolute atomic E-state index is 0.0531. The third kappa shape index (κ3) is 5.35. The molecule has 4 rings (SSSR count). The van der Waals surface area contributed by atoms with E-state index in [0.717, 1.165) is 22.8 Å². The van der Waals surface area contributed by atoms with Crippen LogP contribution in [0.3, 0.4) is 0 Å². The molecule has 3 aromatic rings. The van der Waals surface area contributed by atoms with E-state index in [1.807, 2.05) is 13.0 Å². The number of nitro groups is 1.